The van der Waals surface area contributed by atoms with Crippen molar-refractivity contribution in [2.75, 3.05) is 6.61 Å². The van der Waals surface area contributed by atoms with E-state index in [0.29, 0.717) is 13.0 Å². The van der Waals surface area contributed by atoms with Gasteiger partial charge in [-0.25, -0.2) is 4.79 Å². The third-order valence-electron chi connectivity index (χ3n) is 2.36. The van der Waals surface area contributed by atoms with Crippen LogP contribution in [0.25, 0.3) is 0 Å². The summed E-state index contributed by atoms with van der Waals surface area (Å²) in [6, 6.07) is 0. The van der Waals surface area contributed by atoms with Crippen LogP contribution in [-0.4, -0.2) is 35.9 Å². The molecule has 90 valence electrons. The first kappa shape index (κ1) is 12.7. The van der Waals surface area contributed by atoms with Crippen molar-refractivity contribution < 1.29 is 24.2 Å². The molecule has 0 aromatic carbocycles. The molecule has 1 N–H and O–H groups in total. The minimum Gasteiger partial charge on any atom is -0.481 e. The highest BCUT2D eigenvalue weighted by Crippen LogP contribution is 2.21. The fourth-order valence-corrected chi connectivity index (χ4v) is 1.27. The molecule has 0 aromatic heterocycles. The Kier molecular flexibility index (Phi) is 4.49. The summed E-state index contributed by atoms with van der Waals surface area (Å²) in [6.07, 6.45) is 0.457. The van der Waals surface area contributed by atoms with Crippen molar-refractivity contribution in [2.45, 2.75) is 38.4 Å². The molecule has 1 aliphatic rings. The van der Waals surface area contributed by atoms with Gasteiger partial charge in [0.2, 0.25) is 0 Å². The molecule has 2 unspecified atom stereocenters. The average molecular weight is 228 g/mol. The van der Waals surface area contributed by atoms with Crippen molar-refractivity contribution in [1.29, 1.82) is 0 Å². The molecule has 5 nitrogen and oxygen atoms in total. The van der Waals surface area contributed by atoms with Crippen LogP contribution in [0.4, 0.5) is 0 Å². The van der Waals surface area contributed by atoms with Gasteiger partial charge in [0.25, 0.3) is 0 Å². The Balaban J connectivity index is 2.32. The van der Waals surface area contributed by atoms with E-state index in [1.165, 1.54) is 0 Å². The number of rotatable bonds is 7. The van der Waals surface area contributed by atoms with Gasteiger partial charge in [-0.2, -0.15) is 0 Å². The monoisotopic (exact) mass is 228 g/mol. The second-order valence-corrected chi connectivity index (χ2v) is 3.72. The predicted molar refractivity (Wildman–Crippen MR) is 55.9 cm³/mol. The SMILES string of the molecule is C=C(CCC(=O)O)C(=O)OC(CC)C1CO1. The van der Waals surface area contributed by atoms with E-state index >= 15 is 0 Å². The van der Waals surface area contributed by atoms with Gasteiger partial charge in [0.15, 0.2) is 0 Å². The maximum atomic E-state index is 11.5. The first-order valence-corrected chi connectivity index (χ1v) is 5.26. The highest BCUT2D eigenvalue weighted by atomic mass is 16.6. The lowest BCUT2D eigenvalue weighted by Gasteiger charge is -2.14. The molecular formula is C11H16O5. The van der Waals surface area contributed by atoms with Crippen molar-refractivity contribution in [3.63, 3.8) is 0 Å². The molecule has 1 saturated heterocycles. The van der Waals surface area contributed by atoms with Crippen LogP contribution >= 0.6 is 0 Å². The lowest BCUT2D eigenvalue weighted by molar-refractivity contribution is -0.145. The van der Waals surface area contributed by atoms with E-state index < -0.39 is 11.9 Å². The Morgan fingerprint density at radius 2 is 2.19 bits per heavy atom. The van der Waals surface area contributed by atoms with Crippen LogP contribution in [-0.2, 0) is 19.1 Å². The van der Waals surface area contributed by atoms with Crippen LogP contribution in [0.5, 0.6) is 0 Å². The molecule has 0 bridgehead atoms. The zero-order valence-corrected chi connectivity index (χ0v) is 9.27. The second kappa shape index (κ2) is 5.65. The molecule has 2 atom stereocenters. The number of carbonyl (C=O) groups excluding carboxylic acids is 1. The standard InChI is InChI=1S/C11H16O5/c1-3-8(9-6-15-9)16-11(14)7(2)4-5-10(12)13/h8-9H,2-6H2,1H3,(H,12,13). The largest absolute Gasteiger partial charge is 0.481 e. The Labute approximate surface area is 94.0 Å². The van der Waals surface area contributed by atoms with Crippen molar-refractivity contribution in [1.82, 2.24) is 0 Å². The zero-order valence-electron chi connectivity index (χ0n) is 9.27. The molecule has 0 radical (unpaired) electrons. The summed E-state index contributed by atoms with van der Waals surface area (Å²) in [5.41, 5.74) is 0.196. The number of carbonyl (C=O) groups is 2. The van der Waals surface area contributed by atoms with Crippen molar-refractivity contribution >= 4 is 11.9 Å². The lowest BCUT2D eigenvalue weighted by Crippen LogP contribution is -2.23. The van der Waals surface area contributed by atoms with Gasteiger partial charge in [-0.05, 0) is 12.8 Å². The lowest BCUT2D eigenvalue weighted by atomic mass is 10.1. The van der Waals surface area contributed by atoms with Crippen molar-refractivity contribution in [3.8, 4) is 0 Å². The molecule has 0 spiro atoms. The minimum atomic E-state index is -0.952. The van der Waals surface area contributed by atoms with Gasteiger partial charge in [0.1, 0.15) is 12.2 Å². The highest BCUT2D eigenvalue weighted by molar-refractivity contribution is 5.88. The van der Waals surface area contributed by atoms with E-state index in [4.69, 9.17) is 14.6 Å². The number of esters is 1. The number of hydrogen-bond donors (Lipinski definition) is 1. The third-order valence-corrected chi connectivity index (χ3v) is 2.36. The van der Waals surface area contributed by atoms with Gasteiger partial charge in [0.05, 0.1) is 6.61 Å². The van der Waals surface area contributed by atoms with Gasteiger partial charge in [0, 0.05) is 12.0 Å². The zero-order chi connectivity index (χ0) is 12.1. The Bertz CT molecular complexity index is 293. The van der Waals surface area contributed by atoms with Gasteiger partial charge >= 0.3 is 11.9 Å². The summed E-state index contributed by atoms with van der Waals surface area (Å²) in [5, 5.41) is 8.46. The Morgan fingerprint density at radius 3 is 2.62 bits per heavy atom. The second-order valence-electron chi connectivity index (χ2n) is 3.72. The number of hydrogen-bond acceptors (Lipinski definition) is 4. The molecule has 16 heavy (non-hydrogen) atoms. The maximum absolute atomic E-state index is 11.5. The average Bonchev–Trinajstić information content (AvgIpc) is 3.05. The highest BCUT2D eigenvalue weighted by Gasteiger charge is 2.34. The molecule has 1 fully saturated rings. The fourth-order valence-electron chi connectivity index (χ4n) is 1.27. The van der Waals surface area contributed by atoms with E-state index in [1.807, 2.05) is 6.92 Å². The smallest absolute Gasteiger partial charge is 0.333 e. The number of carboxylic acid groups (broad SMARTS) is 1. The number of epoxide rings is 1. The van der Waals surface area contributed by atoms with Gasteiger partial charge in [-0.3, -0.25) is 4.79 Å². The Hall–Kier alpha value is -1.36. The molecule has 1 heterocycles. The van der Waals surface area contributed by atoms with Crippen LogP contribution in [0.3, 0.4) is 0 Å². The molecule has 0 amide bonds. The molecule has 1 rings (SSSR count). The van der Waals surface area contributed by atoms with Crippen LogP contribution < -0.4 is 0 Å². The number of carboxylic acids is 1. The van der Waals surface area contributed by atoms with Crippen molar-refractivity contribution in [3.05, 3.63) is 12.2 Å². The molecule has 5 heteroatoms. The first-order chi connectivity index (χ1) is 7.54. The minimum absolute atomic E-state index is 0.00113. The van der Waals surface area contributed by atoms with E-state index in [0.717, 1.165) is 0 Å². The molecule has 0 aromatic rings. The molecule has 1 aliphatic heterocycles. The van der Waals surface area contributed by atoms with E-state index in [1.54, 1.807) is 0 Å². The molecule has 0 saturated carbocycles. The van der Waals surface area contributed by atoms with Crippen LogP contribution in [0.2, 0.25) is 0 Å². The van der Waals surface area contributed by atoms with Crippen LogP contribution in [0, 0.1) is 0 Å². The van der Waals surface area contributed by atoms with Crippen LogP contribution in [0.1, 0.15) is 26.2 Å². The fraction of sp³-hybridized carbons (Fsp3) is 0.636. The predicted octanol–water partition coefficient (Wildman–Crippen LogP) is 1.13. The summed E-state index contributed by atoms with van der Waals surface area (Å²) in [6.45, 7) is 6.04. The summed E-state index contributed by atoms with van der Waals surface area (Å²) in [7, 11) is 0. The topological polar surface area (TPSA) is 76.1 Å². The molecule has 0 aliphatic carbocycles. The first-order valence-electron chi connectivity index (χ1n) is 5.26. The van der Waals surface area contributed by atoms with E-state index in [-0.39, 0.29) is 30.6 Å². The van der Waals surface area contributed by atoms with E-state index in [9.17, 15) is 9.59 Å². The summed E-state index contributed by atoms with van der Waals surface area (Å²) in [4.78, 5) is 21.8. The number of ether oxygens (including phenoxy) is 2. The van der Waals surface area contributed by atoms with Gasteiger partial charge in [-0.1, -0.05) is 13.5 Å². The Morgan fingerprint density at radius 1 is 1.56 bits per heavy atom. The maximum Gasteiger partial charge on any atom is 0.333 e. The van der Waals surface area contributed by atoms with Crippen molar-refractivity contribution in [2.24, 2.45) is 0 Å². The van der Waals surface area contributed by atoms with Gasteiger partial charge in [-0.15, -0.1) is 0 Å². The summed E-state index contributed by atoms with van der Waals surface area (Å²) >= 11 is 0. The van der Waals surface area contributed by atoms with Gasteiger partial charge < -0.3 is 14.6 Å². The summed E-state index contributed by atoms with van der Waals surface area (Å²) in [5.74, 6) is -1.48. The summed E-state index contributed by atoms with van der Waals surface area (Å²) < 4.78 is 10.2. The molecular weight excluding hydrogens is 212 g/mol. The third kappa shape index (κ3) is 4.02. The quantitative estimate of drug-likeness (QED) is 0.401. The van der Waals surface area contributed by atoms with Crippen LogP contribution in [0.15, 0.2) is 12.2 Å². The van der Waals surface area contributed by atoms with E-state index in [2.05, 4.69) is 6.58 Å². The normalized spacial score (nSPS) is 19.9. The number of aliphatic carboxylic acids is 1.